The van der Waals surface area contributed by atoms with Crippen molar-refractivity contribution in [2.45, 2.75) is 53.1 Å². The van der Waals surface area contributed by atoms with Crippen molar-refractivity contribution in [3.63, 3.8) is 0 Å². The van der Waals surface area contributed by atoms with Gasteiger partial charge in [0.15, 0.2) is 0 Å². The molecule has 1 N–H and O–H groups in total. The summed E-state index contributed by atoms with van der Waals surface area (Å²) in [5.74, 6) is -0.430. The molecule has 0 atom stereocenters. The van der Waals surface area contributed by atoms with Crippen molar-refractivity contribution in [3.05, 3.63) is 23.8 Å². The number of carboxylic acid groups (broad SMARTS) is 1. The number of nitrogens with zero attached hydrogens (tertiary/aromatic N) is 3. The molecule has 1 heterocycles. The Morgan fingerprint density at radius 2 is 2.00 bits per heavy atom. The molecule has 20 heavy (non-hydrogen) atoms. The van der Waals surface area contributed by atoms with Crippen LogP contribution in [0.15, 0.2) is 12.5 Å². The summed E-state index contributed by atoms with van der Waals surface area (Å²) in [6.07, 6.45) is 4.90. The minimum atomic E-state index is -0.963. The minimum absolute atomic E-state index is 0.201. The molecule has 0 amide bonds. The number of carboxylic acids is 1. The lowest BCUT2D eigenvalue weighted by atomic mass is 10.1. The Hall–Kier alpha value is -1.49. The number of hydrogen-bond donors (Lipinski definition) is 1. The maximum atomic E-state index is 11.2. The van der Waals surface area contributed by atoms with Crippen LogP contribution in [0.4, 0.5) is 0 Å². The molecule has 5 heteroatoms. The average Bonchev–Trinajstić information content (AvgIpc) is 2.39. The summed E-state index contributed by atoms with van der Waals surface area (Å²) in [5.41, 5.74) is 0.798. The van der Waals surface area contributed by atoms with Gasteiger partial charge >= 0.3 is 5.97 Å². The molecule has 0 aliphatic carbocycles. The smallest absolute Gasteiger partial charge is 0.339 e. The van der Waals surface area contributed by atoms with Crippen LogP contribution in [0.25, 0.3) is 0 Å². The third kappa shape index (κ3) is 4.56. The van der Waals surface area contributed by atoms with E-state index in [9.17, 15) is 9.90 Å². The van der Waals surface area contributed by atoms with Crippen LogP contribution in [-0.2, 0) is 6.54 Å². The normalized spacial score (nSPS) is 11.6. The summed E-state index contributed by atoms with van der Waals surface area (Å²) in [7, 11) is 0. The highest BCUT2D eigenvalue weighted by Crippen LogP contribution is 2.16. The lowest BCUT2D eigenvalue weighted by molar-refractivity contribution is 0.0691. The molecule has 0 aliphatic heterocycles. The Kier molecular flexibility index (Phi) is 6.58. The summed E-state index contributed by atoms with van der Waals surface area (Å²) in [6.45, 7) is 10.2. The van der Waals surface area contributed by atoms with Gasteiger partial charge in [-0.2, -0.15) is 0 Å². The fourth-order valence-corrected chi connectivity index (χ4v) is 2.47. The van der Waals surface area contributed by atoms with Gasteiger partial charge in [0.1, 0.15) is 11.9 Å². The van der Waals surface area contributed by atoms with Crippen LogP contribution in [0.1, 0.15) is 56.6 Å². The molecule has 0 unspecified atom stereocenters. The topological polar surface area (TPSA) is 66.3 Å². The van der Waals surface area contributed by atoms with Gasteiger partial charge in [0.05, 0.1) is 5.69 Å². The molecule has 5 nitrogen and oxygen atoms in total. The predicted molar refractivity (Wildman–Crippen MR) is 78.6 cm³/mol. The zero-order chi connectivity index (χ0) is 15.1. The van der Waals surface area contributed by atoms with Crippen molar-refractivity contribution in [2.24, 2.45) is 5.92 Å². The zero-order valence-corrected chi connectivity index (χ0v) is 12.8. The van der Waals surface area contributed by atoms with E-state index in [1.54, 1.807) is 0 Å². The first-order valence-electron chi connectivity index (χ1n) is 7.25. The molecule has 1 aromatic rings. The van der Waals surface area contributed by atoms with Crippen LogP contribution in [-0.4, -0.2) is 38.5 Å². The monoisotopic (exact) mass is 279 g/mol. The number of aromatic carboxylic acids is 1. The first-order chi connectivity index (χ1) is 9.49. The second-order valence-corrected chi connectivity index (χ2v) is 5.48. The van der Waals surface area contributed by atoms with E-state index in [1.807, 2.05) is 0 Å². The van der Waals surface area contributed by atoms with Gasteiger partial charge in [-0.05, 0) is 18.8 Å². The Bertz CT molecular complexity index is 431. The first-order valence-corrected chi connectivity index (χ1v) is 7.25. The standard InChI is InChI=1S/C15H25N3O2/c1-5-12(6-2)18(8-11(3)4)9-14-13(15(19)20)7-16-10-17-14/h7,10-12H,5-6,8-9H2,1-4H3,(H,19,20). The second-order valence-electron chi connectivity index (χ2n) is 5.48. The second kappa shape index (κ2) is 7.94. The summed E-state index contributed by atoms with van der Waals surface area (Å²) >= 11 is 0. The highest BCUT2D eigenvalue weighted by Gasteiger charge is 2.20. The number of hydrogen-bond acceptors (Lipinski definition) is 4. The molecule has 1 rings (SSSR count). The Morgan fingerprint density at radius 1 is 1.35 bits per heavy atom. The maximum absolute atomic E-state index is 11.2. The van der Waals surface area contributed by atoms with E-state index in [0.717, 1.165) is 19.4 Å². The van der Waals surface area contributed by atoms with E-state index in [1.165, 1.54) is 12.5 Å². The Morgan fingerprint density at radius 3 is 2.50 bits per heavy atom. The average molecular weight is 279 g/mol. The van der Waals surface area contributed by atoms with Gasteiger partial charge in [-0.3, -0.25) is 4.90 Å². The van der Waals surface area contributed by atoms with E-state index >= 15 is 0 Å². The fraction of sp³-hybridized carbons (Fsp3) is 0.667. The quantitative estimate of drug-likeness (QED) is 0.792. The van der Waals surface area contributed by atoms with Crippen molar-refractivity contribution >= 4 is 5.97 Å². The van der Waals surface area contributed by atoms with Gasteiger partial charge in [0, 0.05) is 25.3 Å². The SMILES string of the molecule is CCC(CC)N(Cc1ncncc1C(=O)O)CC(C)C. The van der Waals surface area contributed by atoms with Crippen molar-refractivity contribution in [2.75, 3.05) is 6.54 Å². The van der Waals surface area contributed by atoms with Crippen molar-refractivity contribution in [1.82, 2.24) is 14.9 Å². The predicted octanol–water partition coefficient (Wildman–Crippen LogP) is 2.82. The van der Waals surface area contributed by atoms with E-state index in [-0.39, 0.29) is 5.56 Å². The largest absolute Gasteiger partial charge is 0.478 e. The van der Waals surface area contributed by atoms with Crippen LogP contribution in [0.5, 0.6) is 0 Å². The molecule has 0 saturated heterocycles. The zero-order valence-electron chi connectivity index (χ0n) is 12.8. The maximum Gasteiger partial charge on any atom is 0.339 e. The molecular formula is C15H25N3O2. The van der Waals surface area contributed by atoms with Crippen LogP contribution >= 0.6 is 0 Å². The minimum Gasteiger partial charge on any atom is -0.478 e. The van der Waals surface area contributed by atoms with Gasteiger partial charge in [0.2, 0.25) is 0 Å². The van der Waals surface area contributed by atoms with Gasteiger partial charge in [-0.15, -0.1) is 0 Å². The lowest BCUT2D eigenvalue weighted by Gasteiger charge is -2.31. The van der Waals surface area contributed by atoms with E-state index in [4.69, 9.17) is 0 Å². The molecule has 0 spiro atoms. The summed E-state index contributed by atoms with van der Waals surface area (Å²) in [5, 5.41) is 9.21. The molecular weight excluding hydrogens is 254 g/mol. The Balaban J connectivity index is 2.97. The van der Waals surface area contributed by atoms with Gasteiger partial charge in [0.25, 0.3) is 0 Å². The van der Waals surface area contributed by atoms with Crippen LogP contribution in [0.2, 0.25) is 0 Å². The number of aromatic nitrogens is 2. The highest BCUT2D eigenvalue weighted by atomic mass is 16.4. The van der Waals surface area contributed by atoms with Gasteiger partial charge in [-0.25, -0.2) is 14.8 Å². The molecule has 112 valence electrons. The molecule has 0 fully saturated rings. The molecule has 0 radical (unpaired) electrons. The fourth-order valence-electron chi connectivity index (χ4n) is 2.47. The van der Waals surface area contributed by atoms with Crippen LogP contribution in [0, 0.1) is 5.92 Å². The van der Waals surface area contributed by atoms with Gasteiger partial charge in [-0.1, -0.05) is 27.7 Å². The molecule has 1 aromatic heterocycles. The lowest BCUT2D eigenvalue weighted by Crippen LogP contribution is -2.37. The van der Waals surface area contributed by atoms with Crippen LogP contribution in [0.3, 0.4) is 0 Å². The summed E-state index contributed by atoms with van der Waals surface area (Å²) in [4.78, 5) is 21.5. The molecule has 0 aliphatic rings. The molecule has 0 saturated carbocycles. The van der Waals surface area contributed by atoms with Crippen molar-refractivity contribution in [1.29, 1.82) is 0 Å². The molecule has 0 bridgehead atoms. The van der Waals surface area contributed by atoms with E-state index in [0.29, 0.717) is 24.2 Å². The van der Waals surface area contributed by atoms with E-state index < -0.39 is 5.97 Å². The van der Waals surface area contributed by atoms with E-state index in [2.05, 4.69) is 42.6 Å². The third-order valence-corrected chi connectivity index (χ3v) is 3.44. The number of rotatable bonds is 8. The highest BCUT2D eigenvalue weighted by molar-refractivity contribution is 5.88. The summed E-state index contributed by atoms with van der Waals surface area (Å²) in [6, 6.07) is 0.453. The first kappa shape index (κ1) is 16.6. The summed E-state index contributed by atoms with van der Waals surface area (Å²) < 4.78 is 0. The molecule has 0 aromatic carbocycles. The van der Waals surface area contributed by atoms with Crippen LogP contribution < -0.4 is 0 Å². The Labute approximate surface area is 121 Å². The third-order valence-electron chi connectivity index (χ3n) is 3.44. The van der Waals surface area contributed by atoms with Crippen molar-refractivity contribution in [3.8, 4) is 0 Å². The van der Waals surface area contributed by atoms with Crippen molar-refractivity contribution < 1.29 is 9.90 Å². The number of carbonyl (C=O) groups is 1. The van der Waals surface area contributed by atoms with Gasteiger partial charge < -0.3 is 5.11 Å².